The van der Waals surface area contributed by atoms with E-state index in [1.165, 1.54) is 7.11 Å². The van der Waals surface area contributed by atoms with Gasteiger partial charge in [0.2, 0.25) is 12.5 Å². The summed E-state index contributed by atoms with van der Waals surface area (Å²) in [6.45, 7) is 1.38. The first-order valence-electron chi connectivity index (χ1n) is 12.8. The Morgan fingerprint density at radius 3 is 2.70 bits per heavy atom. The van der Waals surface area contributed by atoms with E-state index in [0.29, 0.717) is 47.4 Å². The number of aromatic nitrogens is 2. The highest BCUT2D eigenvalue weighted by Gasteiger charge is 2.47. The highest BCUT2D eigenvalue weighted by Crippen LogP contribution is 2.55. The highest BCUT2D eigenvalue weighted by molar-refractivity contribution is 14.1. The minimum atomic E-state index is -0.631. The molecule has 0 aliphatic carbocycles. The van der Waals surface area contributed by atoms with E-state index in [9.17, 15) is 4.79 Å². The molecule has 0 saturated carbocycles. The van der Waals surface area contributed by atoms with Gasteiger partial charge in [-0.3, -0.25) is 4.90 Å². The van der Waals surface area contributed by atoms with Crippen molar-refractivity contribution in [3.63, 3.8) is 0 Å². The van der Waals surface area contributed by atoms with Crippen LogP contribution in [0.25, 0.3) is 5.65 Å². The number of nitrogens with zero attached hydrogens (tertiary/aromatic N) is 3. The van der Waals surface area contributed by atoms with Crippen molar-refractivity contribution in [2.45, 2.75) is 25.1 Å². The van der Waals surface area contributed by atoms with E-state index >= 15 is 0 Å². The van der Waals surface area contributed by atoms with Crippen LogP contribution in [-0.2, 0) is 17.7 Å². The molecule has 2 atom stereocenters. The van der Waals surface area contributed by atoms with Crippen molar-refractivity contribution < 1.29 is 33.2 Å². The number of rotatable bonds is 6. The maximum atomic E-state index is 13.4. The van der Waals surface area contributed by atoms with Crippen LogP contribution in [0.2, 0.25) is 0 Å². The SMILES string of the molecule is COc1ccc2c(c1OC)C(=O)O[C@@H]2[C@H]1c2c(cc3c(c2OC)OCO3)CCN1Cc1cn2cc(I)ccc2n1. The van der Waals surface area contributed by atoms with Crippen molar-refractivity contribution in [3.8, 4) is 28.7 Å². The fraction of sp³-hybridized carbons (Fsp3) is 0.310. The Morgan fingerprint density at radius 1 is 1.05 bits per heavy atom. The van der Waals surface area contributed by atoms with E-state index in [0.717, 1.165) is 38.0 Å². The Bertz CT molecular complexity index is 1670. The summed E-state index contributed by atoms with van der Waals surface area (Å²) in [5, 5.41) is 0. The van der Waals surface area contributed by atoms with Crippen LogP contribution in [0.3, 0.4) is 0 Å². The van der Waals surface area contributed by atoms with Crippen molar-refractivity contribution >= 4 is 34.2 Å². The number of cyclic esters (lactones) is 1. The van der Waals surface area contributed by atoms with Crippen LogP contribution in [0, 0.1) is 3.57 Å². The summed E-state index contributed by atoms with van der Waals surface area (Å²) in [6, 6.07) is 9.36. The van der Waals surface area contributed by atoms with E-state index in [1.807, 2.05) is 41.1 Å². The average molecular weight is 655 g/mol. The number of pyridine rings is 1. The molecule has 3 aliphatic heterocycles. The number of imidazole rings is 1. The summed E-state index contributed by atoms with van der Waals surface area (Å²) in [5.74, 6) is 2.20. The Hall–Kier alpha value is -3.71. The lowest BCUT2D eigenvalue weighted by Gasteiger charge is -2.40. The second kappa shape index (κ2) is 9.73. The zero-order valence-electron chi connectivity index (χ0n) is 22.1. The molecule has 3 aliphatic rings. The summed E-state index contributed by atoms with van der Waals surface area (Å²) in [4.78, 5) is 20.5. The van der Waals surface area contributed by atoms with Crippen LogP contribution < -0.4 is 23.7 Å². The van der Waals surface area contributed by atoms with Gasteiger partial charge in [0.15, 0.2) is 23.0 Å². The van der Waals surface area contributed by atoms with Crippen LogP contribution in [0.4, 0.5) is 0 Å². The first kappa shape index (κ1) is 25.3. The van der Waals surface area contributed by atoms with Crippen LogP contribution >= 0.6 is 22.6 Å². The predicted molar refractivity (Wildman–Crippen MR) is 152 cm³/mol. The van der Waals surface area contributed by atoms with Gasteiger partial charge in [-0.05, 0) is 58.8 Å². The number of carbonyl (C=O) groups excluding carboxylic acids is 1. The molecular weight excluding hydrogens is 629 g/mol. The van der Waals surface area contributed by atoms with Gasteiger partial charge >= 0.3 is 5.97 Å². The molecule has 0 bridgehead atoms. The number of fused-ring (bicyclic) bond motifs is 4. The maximum Gasteiger partial charge on any atom is 0.343 e. The molecule has 0 radical (unpaired) electrons. The van der Waals surface area contributed by atoms with E-state index in [-0.39, 0.29) is 12.8 Å². The third kappa shape index (κ3) is 3.85. The number of ether oxygens (including phenoxy) is 6. The van der Waals surface area contributed by atoms with Gasteiger partial charge in [0.25, 0.3) is 0 Å². The summed E-state index contributed by atoms with van der Waals surface area (Å²) >= 11 is 2.29. The molecule has 0 fully saturated rings. The summed E-state index contributed by atoms with van der Waals surface area (Å²) in [5.41, 5.74) is 4.87. The number of hydrogen-bond donors (Lipinski definition) is 0. The fourth-order valence-corrected chi connectivity index (χ4v) is 6.56. The van der Waals surface area contributed by atoms with E-state index < -0.39 is 12.1 Å². The normalized spacial score (nSPS) is 19.4. The number of carbonyl (C=O) groups is 1. The van der Waals surface area contributed by atoms with E-state index in [4.69, 9.17) is 33.4 Å². The molecule has 0 amide bonds. The van der Waals surface area contributed by atoms with Gasteiger partial charge in [-0.2, -0.15) is 0 Å². The molecular formula is C29H26IN3O7. The van der Waals surface area contributed by atoms with Crippen molar-refractivity contribution in [3.05, 3.63) is 74.2 Å². The fourth-order valence-electron chi connectivity index (χ4n) is 6.08. The molecule has 206 valence electrons. The number of benzene rings is 2. The standard InChI is InChI=1S/C29H26IN3O7/c1-35-19-6-5-18-23(26(19)36-2)29(34)40-25(18)24-22-15(10-20-27(28(22)37-3)39-14-38-20)8-9-32(24)12-17-13-33-11-16(30)4-7-21(33)31-17/h4-7,10-11,13,24-25H,8-9,12,14H2,1-3H3/t24-,25+/m1/s1. The summed E-state index contributed by atoms with van der Waals surface area (Å²) in [6.07, 6.45) is 4.22. The van der Waals surface area contributed by atoms with Gasteiger partial charge in [0.1, 0.15) is 17.3 Å². The molecule has 0 unspecified atom stereocenters. The predicted octanol–water partition coefficient (Wildman–Crippen LogP) is 4.70. The largest absolute Gasteiger partial charge is 0.493 e. The van der Waals surface area contributed by atoms with E-state index in [1.54, 1.807) is 20.3 Å². The van der Waals surface area contributed by atoms with Gasteiger partial charge in [-0.1, -0.05) is 6.07 Å². The first-order valence-corrected chi connectivity index (χ1v) is 13.9. The zero-order chi connectivity index (χ0) is 27.5. The molecule has 0 spiro atoms. The third-order valence-electron chi connectivity index (χ3n) is 7.74. The Balaban J connectivity index is 1.38. The van der Waals surface area contributed by atoms with Gasteiger partial charge in [-0.15, -0.1) is 0 Å². The highest BCUT2D eigenvalue weighted by atomic mass is 127. The van der Waals surface area contributed by atoms with Crippen molar-refractivity contribution in [1.82, 2.24) is 14.3 Å². The Morgan fingerprint density at radius 2 is 1.90 bits per heavy atom. The number of methoxy groups -OCH3 is 3. The minimum absolute atomic E-state index is 0.126. The van der Waals surface area contributed by atoms with Crippen LogP contribution in [0.1, 0.15) is 44.9 Å². The Labute approximate surface area is 243 Å². The lowest BCUT2D eigenvalue weighted by molar-refractivity contribution is 0.000279. The summed E-state index contributed by atoms with van der Waals surface area (Å²) < 4.78 is 37.9. The molecule has 5 heterocycles. The number of esters is 1. The van der Waals surface area contributed by atoms with Gasteiger partial charge in [-0.25, -0.2) is 9.78 Å². The lowest BCUT2D eigenvalue weighted by Crippen LogP contribution is -2.38. The monoisotopic (exact) mass is 655 g/mol. The second-order valence-electron chi connectivity index (χ2n) is 9.82. The molecule has 0 N–H and O–H groups in total. The first-order chi connectivity index (χ1) is 19.5. The van der Waals surface area contributed by atoms with Crippen LogP contribution in [-0.4, -0.2) is 54.9 Å². The molecule has 40 heavy (non-hydrogen) atoms. The lowest BCUT2D eigenvalue weighted by atomic mass is 9.85. The zero-order valence-corrected chi connectivity index (χ0v) is 24.3. The molecule has 2 aromatic carbocycles. The quantitative estimate of drug-likeness (QED) is 0.217. The van der Waals surface area contributed by atoms with Crippen LogP contribution in [0.5, 0.6) is 28.7 Å². The minimum Gasteiger partial charge on any atom is -0.493 e. The van der Waals surface area contributed by atoms with E-state index in [2.05, 4.69) is 27.5 Å². The topological polar surface area (TPSA) is 93.0 Å². The van der Waals surface area contributed by atoms with Crippen molar-refractivity contribution in [2.24, 2.45) is 0 Å². The molecule has 11 heteroatoms. The maximum absolute atomic E-state index is 13.4. The van der Waals surface area contributed by atoms with Gasteiger partial charge < -0.3 is 32.8 Å². The third-order valence-corrected chi connectivity index (χ3v) is 8.38. The Kier molecular flexibility index (Phi) is 6.15. The molecule has 7 rings (SSSR count). The van der Waals surface area contributed by atoms with Crippen molar-refractivity contribution in [2.75, 3.05) is 34.7 Å². The molecule has 2 aromatic heterocycles. The van der Waals surface area contributed by atoms with Gasteiger partial charge in [0.05, 0.1) is 33.1 Å². The van der Waals surface area contributed by atoms with Gasteiger partial charge in [0, 0.05) is 40.2 Å². The molecule has 4 aromatic rings. The average Bonchev–Trinajstić information content (AvgIpc) is 3.67. The molecule has 0 saturated heterocycles. The second-order valence-corrected chi connectivity index (χ2v) is 11.1. The van der Waals surface area contributed by atoms with Crippen molar-refractivity contribution in [1.29, 1.82) is 0 Å². The smallest absolute Gasteiger partial charge is 0.343 e. The number of halogens is 1. The molecule has 10 nitrogen and oxygen atoms in total. The number of hydrogen-bond acceptors (Lipinski definition) is 9. The van der Waals surface area contributed by atoms with Crippen LogP contribution in [0.15, 0.2) is 42.7 Å². The summed E-state index contributed by atoms with van der Waals surface area (Å²) in [7, 11) is 4.69.